The molecular formula is C25H40O7. The number of carbonyl (C=O) groups excluding carboxylic acids is 1. The molecule has 5 atom stereocenters. The van der Waals surface area contributed by atoms with Crippen LogP contribution in [0.2, 0.25) is 0 Å². The van der Waals surface area contributed by atoms with Crippen molar-refractivity contribution in [3.05, 3.63) is 24.0 Å². The summed E-state index contributed by atoms with van der Waals surface area (Å²) >= 11 is 0. The topological polar surface area (TPSA) is 102 Å². The van der Waals surface area contributed by atoms with Crippen molar-refractivity contribution in [2.45, 2.75) is 109 Å². The molecule has 1 aliphatic carbocycles. The van der Waals surface area contributed by atoms with E-state index < -0.39 is 23.8 Å². The van der Waals surface area contributed by atoms with E-state index in [1.54, 1.807) is 20.8 Å². The molecule has 0 radical (unpaired) electrons. The summed E-state index contributed by atoms with van der Waals surface area (Å²) in [5.41, 5.74) is -0.630. The Morgan fingerprint density at radius 1 is 1.25 bits per heavy atom. The predicted octanol–water partition coefficient (Wildman–Crippen LogP) is 5.37. The molecule has 0 unspecified atom stereocenters. The summed E-state index contributed by atoms with van der Waals surface area (Å²) in [5.74, 6) is 0.158. The van der Waals surface area contributed by atoms with E-state index in [2.05, 4.69) is 6.92 Å². The first-order valence-electron chi connectivity index (χ1n) is 11.9. The minimum Gasteiger partial charge on any atom is -0.495 e. The Hall–Kier alpha value is -2.02. The number of hydrogen-bond donors (Lipinski definition) is 2. The summed E-state index contributed by atoms with van der Waals surface area (Å²) in [4.78, 5) is 23.0. The van der Waals surface area contributed by atoms with Gasteiger partial charge in [-0.05, 0) is 46.1 Å². The molecule has 0 aromatic rings. The van der Waals surface area contributed by atoms with Crippen LogP contribution >= 0.6 is 0 Å². The minimum absolute atomic E-state index is 0.0694. The summed E-state index contributed by atoms with van der Waals surface area (Å²) in [7, 11) is 0. The van der Waals surface area contributed by atoms with Crippen molar-refractivity contribution in [2.24, 2.45) is 11.8 Å². The van der Waals surface area contributed by atoms with E-state index in [0.29, 0.717) is 32.1 Å². The minimum atomic E-state index is -0.794. The average Bonchev–Trinajstić information content (AvgIpc) is 3.19. The van der Waals surface area contributed by atoms with Crippen LogP contribution in [0, 0.1) is 11.8 Å². The average molecular weight is 453 g/mol. The molecule has 7 nitrogen and oxygen atoms in total. The van der Waals surface area contributed by atoms with Crippen LogP contribution in [0.4, 0.5) is 4.79 Å². The van der Waals surface area contributed by atoms with Gasteiger partial charge in [-0.2, -0.15) is 0 Å². The molecule has 1 saturated heterocycles. The number of carboxylic acids is 1. The number of ether oxygens (including phenoxy) is 3. The SMILES string of the molecule is CCCCC[C@H](O)/C=C/[C@@H]1[C@H]2C/C(=C/CCCC(=O)O)O[C@H]2C[C@H]1OC(=O)OC(C)(C)C. The molecule has 1 saturated carbocycles. The van der Waals surface area contributed by atoms with Crippen molar-refractivity contribution in [3.8, 4) is 0 Å². The van der Waals surface area contributed by atoms with Crippen LogP contribution in [0.3, 0.4) is 0 Å². The Morgan fingerprint density at radius 3 is 2.66 bits per heavy atom. The van der Waals surface area contributed by atoms with Crippen molar-refractivity contribution < 1.29 is 34.0 Å². The van der Waals surface area contributed by atoms with Crippen molar-refractivity contribution in [2.75, 3.05) is 0 Å². The quantitative estimate of drug-likeness (QED) is 0.247. The predicted molar refractivity (Wildman–Crippen MR) is 121 cm³/mol. The van der Waals surface area contributed by atoms with Crippen LogP contribution in [0.15, 0.2) is 24.0 Å². The fourth-order valence-corrected chi connectivity index (χ4v) is 4.36. The Kier molecular flexibility index (Phi) is 10.1. The maximum absolute atomic E-state index is 12.3. The highest BCUT2D eigenvalue weighted by atomic mass is 16.7. The molecule has 2 fully saturated rings. The standard InChI is InChI=1S/C25H40O7/c1-5-6-7-10-17(26)13-14-19-20-15-18(11-8-9-12-23(27)28)30-22(20)16-21(19)31-24(29)32-25(2,3)4/h11,13-14,17,19-22,26H,5-10,12,15-16H2,1-4H3,(H,27,28)/b14-13+,18-11-/t17-,19+,20+,21+,22-/m0/s1. The van der Waals surface area contributed by atoms with Crippen LogP contribution in [-0.2, 0) is 19.0 Å². The fourth-order valence-electron chi connectivity index (χ4n) is 4.36. The van der Waals surface area contributed by atoms with Gasteiger partial charge in [0.1, 0.15) is 17.8 Å². The number of rotatable bonds is 11. The number of allylic oxidation sites excluding steroid dienone is 2. The van der Waals surface area contributed by atoms with Crippen LogP contribution in [-0.4, -0.2) is 46.3 Å². The molecule has 2 rings (SSSR count). The van der Waals surface area contributed by atoms with Gasteiger partial charge in [-0.1, -0.05) is 38.3 Å². The molecular weight excluding hydrogens is 412 g/mol. The summed E-state index contributed by atoms with van der Waals surface area (Å²) < 4.78 is 17.1. The monoisotopic (exact) mass is 452 g/mol. The van der Waals surface area contributed by atoms with Gasteiger partial charge >= 0.3 is 12.1 Å². The zero-order valence-corrected chi connectivity index (χ0v) is 19.9. The number of aliphatic hydroxyl groups is 1. The first kappa shape index (κ1) is 26.2. The molecule has 0 aromatic heterocycles. The van der Waals surface area contributed by atoms with Gasteiger partial charge < -0.3 is 24.4 Å². The fraction of sp³-hybridized carbons (Fsp3) is 0.760. The Balaban J connectivity index is 2.02. The number of aliphatic carboxylic acids is 1. The molecule has 0 bridgehead atoms. The highest BCUT2D eigenvalue weighted by Crippen LogP contribution is 2.47. The Morgan fingerprint density at radius 2 is 2.00 bits per heavy atom. The Bertz CT molecular complexity index is 676. The normalized spacial score (nSPS) is 27.3. The van der Waals surface area contributed by atoms with Gasteiger partial charge in [0.25, 0.3) is 0 Å². The van der Waals surface area contributed by atoms with Gasteiger partial charge in [0.05, 0.1) is 11.9 Å². The molecule has 32 heavy (non-hydrogen) atoms. The van der Waals surface area contributed by atoms with Gasteiger partial charge in [-0.3, -0.25) is 4.79 Å². The third kappa shape index (κ3) is 8.85. The first-order valence-corrected chi connectivity index (χ1v) is 11.9. The van der Waals surface area contributed by atoms with Crippen molar-refractivity contribution in [1.82, 2.24) is 0 Å². The van der Waals surface area contributed by atoms with Crippen molar-refractivity contribution in [3.63, 3.8) is 0 Å². The van der Waals surface area contributed by atoms with Crippen molar-refractivity contribution >= 4 is 12.1 Å². The van der Waals surface area contributed by atoms with Crippen LogP contribution in [0.5, 0.6) is 0 Å². The third-order valence-corrected chi connectivity index (χ3v) is 5.87. The van der Waals surface area contributed by atoms with Gasteiger partial charge in [-0.25, -0.2) is 4.79 Å². The second-order valence-electron chi connectivity index (χ2n) is 9.86. The number of carboxylic acid groups (broad SMARTS) is 1. The maximum atomic E-state index is 12.3. The summed E-state index contributed by atoms with van der Waals surface area (Å²) in [6.07, 6.45) is 10.7. The molecule has 1 aliphatic heterocycles. The van der Waals surface area contributed by atoms with Crippen LogP contribution in [0.25, 0.3) is 0 Å². The van der Waals surface area contributed by atoms with Gasteiger partial charge in [0.2, 0.25) is 0 Å². The number of hydrogen-bond acceptors (Lipinski definition) is 6. The number of aliphatic hydroxyl groups excluding tert-OH is 1. The molecule has 2 aliphatic rings. The van der Waals surface area contributed by atoms with Gasteiger partial charge in [0, 0.05) is 31.1 Å². The first-order chi connectivity index (χ1) is 15.1. The zero-order chi connectivity index (χ0) is 23.7. The molecule has 182 valence electrons. The second-order valence-corrected chi connectivity index (χ2v) is 9.86. The van der Waals surface area contributed by atoms with Crippen LogP contribution in [0.1, 0.15) is 85.5 Å². The summed E-state index contributed by atoms with van der Waals surface area (Å²) in [5, 5.41) is 19.1. The largest absolute Gasteiger partial charge is 0.509 e. The third-order valence-electron chi connectivity index (χ3n) is 5.87. The maximum Gasteiger partial charge on any atom is 0.509 e. The second kappa shape index (κ2) is 12.3. The molecule has 0 amide bonds. The highest BCUT2D eigenvalue weighted by Gasteiger charge is 2.49. The van der Waals surface area contributed by atoms with E-state index in [9.17, 15) is 14.7 Å². The van der Waals surface area contributed by atoms with E-state index in [-0.39, 0.29) is 30.5 Å². The van der Waals surface area contributed by atoms with Gasteiger partial charge in [0.15, 0.2) is 0 Å². The highest BCUT2D eigenvalue weighted by molar-refractivity contribution is 5.66. The van der Waals surface area contributed by atoms with Gasteiger partial charge in [-0.15, -0.1) is 0 Å². The van der Waals surface area contributed by atoms with E-state index in [1.807, 2.05) is 18.2 Å². The van der Waals surface area contributed by atoms with E-state index in [0.717, 1.165) is 25.0 Å². The van der Waals surface area contributed by atoms with E-state index >= 15 is 0 Å². The molecule has 0 spiro atoms. The smallest absolute Gasteiger partial charge is 0.495 e. The molecule has 1 heterocycles. The van der Waals surface area contributed by atoms with Crippen molar-refractivity contribution in [1.29, 1.82) is 0 Å². The van der Waals surface area contributed by atoms with E-state index in [4.69, 9.17) is 19.3 Å². The lowest BCUT2D eigenvalue weighted by Crippen LogP contribution is -2.30. The lowest BCUT2D eigenvalue weighted by atomic mass is 9.90. The molecule has 2 N–H and O–H groups in total. The van der Waals surface area contributed by atoms with E-state index in [1.165, 1.54) is 0 Å². The lowest BCUT2D eigenvalue weighted by molar-refractivity contribution is -0.137. The number of fused-ring (bicyclic) bond motifs is 1. The lowest BCUT2D eigenvalue weighted by Gasteiger charge is -2.24. The number of unbranched alkanes of at least 4 members (excludes halogenated alkanes) is 3. The number of carbonyl (C=O) groups is 2. The summed E-state index contributed by atoms with van der Waals surface area (Å²) in [6, 6.07) is 0. The summed E-state index contributed by atoms with van der Waals surface area (Å²) in [6.45, 7) is 7.52. The molecule has 0 aromatic carbocycles. The zero-order valence-electron chi connectivity index (χ0n) is 19.9. The van der Waals surface area contributed by atoms with Crippen LogP contribution < -0.4 is 0 Å². The molecule has 7 heteroatoms. The Labute approximate surface area is 191 Å².